The molecule has 0 aromatic heterocycles. The maximum absolute atomic E-state index is 11.1. The Bertz CT molecular complexity index is 679. The first kappa shape index (κ1) is 13.6. The molecule has 2 aromatic rings. The van der Waals surface area contributed by atoms with Crippen molar-refractivity contribution in [3.63, 3.8) is 0 Å². The highest BCUT2D eigenvalue weighted by molar-refractivity contribution is 5.90. The number of carbonyl (C=O) groups is 2. The SMILES string of the molecule is Nc1cc(C(=O)O)ccc1Cc1ccccc1C(=O)O. The zero-order chi connectivity index (χ0) is 14.7. The van der Waals surface area contributed by atoms with Gasteiger partial charge in [0.05, 0.1) is 11.1 Å². The highest BCUT2D eigenvalue weighted by Gasteiger charge is 2.12. The molecule has 2 rings (SSSR count). The summed E-state index contributed by atoms with van der Waals surface area (Å²) >= 11 is 0. The van der Waals surface area contributed by atoms with Crippen LogP contribution in [-0.4, -0.2) is 22.2 Å². The van der Waals surface area contributed by atoms with Crippen LogP contribution in [0, 0.1) is 0 Å². The normalized spacial score (nSPS) is 10.2. The van der Waals surface area contributed by atoms with Crippen molar-refractivity contribution in [1.82, 2.24) is 0 Å². The van der Waals surface area contributed by atoms with Crippen molar-refractivity contribution in [1.29, 1.82) is 0 Å². The third-order valence-electron chi connectivity index (χ3n) is 3.02. The van der Waals surface area contributed by atoms with Crippen LogP contribution in [0.15, 0.2) is 42.5 Å². The standard InChI is InChI=1S/C15H13NO4/c16-13-8-11(14(17)18)6-5-10(13)7-9-3-1-2-4-12(9)15(19)20/h1-6,8H,7,16H2,(H,17,18)(H,19,20). The number of rotatable bonds is 4. The molecule has 0 heterocycles. The molecule has 4 N–H and O–H groups in total. The maximum atomic E-state index is 11.1. The molecule has 5 nitrogen and oxygen atoms in total. The number of anilines is 1. The summed E-state index contributed by atoms with van der Waals surface area (Å²) in [6, 6.07) is 11.1. The van der Waals surface area contributed by atoms with E-state index in [0.717, 1.165) is 0 Å². The lowest BCUT2D eigenvalue weighted by atomic mass is 9.98. The van der Waals surface area contributed by atoms with E-state index in [-0.39, 0.29) is 11.1 Å². The van der Waals surface area contributed by atoms with E-state index in [0.29, 0.717) is 23.2 Å². The van der Waals surface area contributed by atoms with E-state index in [2.05, 4.69) is 0 Å². The van der Waals surface area contributed by atoms with Gasteiger partial charge in [-0.3, -0.25) is 0 Å². The van der Waals surface area contributed by atoms with Crippen LogP contribution in [0.4, 0.5) is 5.69 Å². The molecule has 2 aromatic carbocycles. The van der Waals surface area contributed by atoms with Crippen molar-refractivity contribution in [2.24, 2.45) is 0 Å². The summed E-state index contributed by atoms with van der Waals surface area (Å²) in [5.74, 6) is -2.05. The van der Waals surface area contributed by atoms with Gasteiger partial charge >= 0.3 is 11.9 Å². The number of carboxylic acids is 2. The van der Waals surface area contributed by atoms with Gasteiger partial charge in [0, 0.05) is 12.1 Å². The fourth-order valence-corrected chi connectivity index (χ4v) is 1.98. The van der Waals surface area contributed by atoms with Crippen LogP contribution in [0.1, 0.15) is 31.8 Å². The molecule has 0 radical (unpaired) electrons. The third-order valence-corrected chi connectivity index (χ3v) is 3.02. The molecular weight excluding hydrogens is 258 g/mol. The Labute approximate surface area is 115 Å². The lowest BCUT2D eigenvalue weighted by Gasteiger charge is -2.09. The second-order valence-corrected chi connectivity index (χ2v) is 4.36. The summed E-state index contributed by atoms with van der Waals surface area (Å²) in [6.45, 7) is 0. The Morgan fingerprint density at radius 3 is 2.25 bits per heavy atom. The summed E-state index contributed by atoms with van der Waals surface area (Å²) in [5.41, 5.74) is 7.82. The summed E-state index contributed by atoms with van der Waals surface area (Å²) in [6.07, 6.45) is 0.341. The molecule has 0 fully saturated rings. The Hall–Kier alpha value is -2.82. The van der Waals surface area contributed by atoms with Gasteiger partial charge in [0.2, 0.25) is 0 Å². The third kappa shape index (κ3) is 2.77. The van der Waals surface area contributed by atoms with E-state index in [9.17, 15) is 9.59 Å². The van der Waals surface area contributed by atoms with Crippen LogP contribution >= 0.6 is 0 Å². The molecule has 0 aliphatic rings. The van der Waals surface area contributed by atoms with Gasteiger partial charge < -0.3 is 15.9 Å². The first-order valence-corrected chi connectivity index (χ1v) is 5.92. The predicted molar refractivity (Wildman–Crippen MR) is 74.0 cm³/mol. The average molecular weight is 271 g/mol. The first-order chi connectivity index (χ1) is 9.49. The van der Waals surface area contributed by atoms with Crippen LogP contribution in [0.5, 0.6) is 0 Å². The Morgan fingerprint density at radius 2 is 1.65 bits per heavy atom. The van der Waals surface area contributed by atoms with E-state index in [1.165, 1.54) is 18.2 Å². The van der Waals surface area contributed by atoms with Crippen LogP contribution in [0.2, 0.25) is 0 Å². The predicted octanol–water partition coefficient (Wildman–Crippen LogP) is 2.26. The number of hydrogen-bond donors (Lipinski definition) is 3. The van der Waals surface area contributed by atoms with Gasteiger partial charge in [-0.1, -0.05) is 24.3 Å². The first-order valence-electron chi connectivity index (χ1n) is 5.92. The van der Waals surface area contributed by atoms with Crippen molar-refractivity contribution in [3.05, 3.63) is 64.7 Å². The Balaban J connectivity index is 2.36. The van der Waals surface area contributed by atoms with Gasteiger partial charge in [0.15, 0.2) is 0 Å². The zero-order valence-corrected chi connectivity index (χ0v) is 10.5. The summed E-state index contributed by atoms with van der Waals surface area (Å²) in [7, 11) is 0. The minimum atomic E-state index is -1.05. The molecule has 0 saturated heterocycles. The molecule has 0 atom stereocenters. The van der Waals surface area contributed by atoms with Gasteiger partial charge in [-0.15, -0.1) is 0 Å². The number of aromatic carboxylic acids is 2. The van der Waals surface area contributed by atoms with E-state index in [1.54, 1.807) is 24.3 Å². The zero-order valence-electron chi connectivity index (χ0n) is 10.5. The van der Waals surface area contributed by atoms with Gasteiger partial charge in [-0.2, -0.15) is 0 Å². The van der Waals surface area contributed by atoms with Crippen molar-refractivity contribution in [2.45, 2.75) is 6.42 Å². The largest absolute Gasteiger partial charge is 0.478 e. The van der Waals surface area contributed by atoms with Crippen molar-refractivity contribution in [3.8, 4) is 0 Å². The highest BCUT2D eigenvalue weighted by atomic mass is 16.4. The smallest absolute Gasteiger partial charge is 0.335 e. The summed E-state index contributed by atoms with van der Waals surface area (Å²) < 4.78 is 0. The molecule has 102 valence electrons. The molecule has 0 saturated carbocycles. The molecule has 0 spiro atoms. The molecule has 5 heteroatoms. The molecular formula is C15H13NO4. The second-order valence-electron chi connectivity index (χ2n) is 4.36. The van der Waals surface area contributed by atoms with E-state index < -0.39 is 11.9 Å². The minimum Gasteiger partial charge on any atom is -0.478 e. The number of carboxylic acid groups (broad SMARTS) is 2. The van der Waals surface area contributed by atoms with Gasteiger partial charge in [0.25, 0.3) is 0 Å². The van der Waals surface area contributed by atoms with E-state index in [1.807, 2.05) is 0 Å². The quantitative estimate of drug-likeness (QED) is 0.740. The Morgan fingerprint density at radius 1 is 0.950 bits per heavy atom. The molecule has 20 heavy (non-hydrogen) atoms. The molecule has 0 aliphatic heterocycles. The van der Waals surface area contributed by atoms with E-state index >= 15 is 0 Å². The Kier molecular flexibility index (Phi) is 3.70. The number of nitrogen functional groups attached to an aromatic ring is 1. The molecule has 0 amide bonds. The van der Waals surface area contributed by atoms with E-state index in [4.69, 9.17) is 15.9 Å². The summed E-state index contributed by atoms with van der Waals surface area (Å²) in [4.78, 5) is 22.0. The van der Waals surface area contributed by atoms with Crippen LogP contribution in [0.25, 0.3) is 0 Å². The average Bonchev–Trinajstić information content (AvgIpc) is 2.41. The van der Waals surface area contributed by atoms with Gasteiger partial charge in [0.1, 0.15) is 0 Å². The van der Waals surface area contributed by atoms with Crippen molar-refractivity contribution in [2.75, 3.05) is 5.73 Å². The maximum Gasteiger partial charge on any atom is 0.335 e. The second kappa shape index (κ2) is 5.44. The van der Waals surface area contributed by atoms with Crippen LogP contribution < -0.4 is 5.73 Å². The topological polar surface area (TPSA) is 101 Å². The van der Waals surface area contributed by atoms with Crippen LogP contribution in [0.3, 0.4) is 0 Å². The fraction of sp³-hybridized carbons (Fsp3) is 0.0667. The van der Waals surface area contributed by atoms with Crippen molar-refractivity contribution < 1.29 is 19.8 Å². The number of nitrogens with two attached hydrogens (primary N) is 1. The monoisotopic (exact) mass is 271 g/mol. The van der Waals surface area contributed by atoms with Crippen molar-refractivity contribution >= 4 is 17.6 Å². The molecule has 0 unspecified atom stereocenters. The molecule has 0 aliphatic carbocycles. The van der Waals surface area contributed by atoms with Gasteiger partial charge in [-0.25, -0.2) is 9.59 Å². The fourth-order valence-electron chi connectivity index (χ4n) is 1.98. The lowest BCUT2D eigenvalue weighted by Crippen LogP contribution is -2.05. The highest BCUT2D eigenvalue weighted by Crippen LogP contribution is 2.20. The number of hydrogen-bond acceptors (Lipinski definition) is 3. The van der Waals surface area contributed by atoms with Gasteiger partial charge in [-0.05, 0) is 29.3 Å². The lowest BCUT2D eigenvalue weighted by molar-refractivity contribution is 0.0685. The minimum absolute atomic E-state index is 0.109. The number of benzene rings is 2. The summed E-state index contributed by atoms with van der Waals surface area (Å²) in [5, 5.41) is 18.0. The van der Waals surface area contributed by atoms with Crippen LogP contribution in [-0.2, 0) is 6.42 Å². The molecule has 0 bridgehead atoms.